The van der Waals surface area contributed by atoms with E-state index in [9.17, 15) is 13.2 Å². The summed E-state index contributed by atoms with van der Waals surface area (Å²) < 4.78 is 38.8. The Balaban J connectivity index is 1.57. The van der Waals surface area contributed by atoms with Gasteiger partial charge in [-0.25, -0.2) is 18.2 Å². The van der Waals surface area contributed by atoms with Crippen LogP contribution in [0.25, 0.3) is 11.3 Å². The van der Waals surface area contributed by atoms with E-state index in [1.54, 1.807) is 41.2 Å². The SMILES string of the molecule is COC(=O)c1cc2n(n1)CCN(S(=O)(=O)c1ccc(-c3cnco3)cc1)C2. The van der Waals surface area contributed by atoms with E-state index in [1.165, 1.54) is 17.8 Å². The molecule has 0 saturated carbocycles. The van der Waals surface area contributed by atoms with Gasteiger partial charge < -0.3 is 9.15 Å². The van der Waals surface area contributed by atoms with Crippen LogP contribution in [-0.2, 0) is 27.8 Å². The van der Waals surface area contributed by atoms with Crippen LogP contribution in [0.1, 0.15) is 16.2 Å². The van der Waals surface area contributed by atoms with Gasteiger partial charge in [0.25, 0.3) is 0 Å². The van der Waals surface area contributed by atoms with Crippen molar-refractivity contribution in [3.05, 3.63) is 54.3 Å². The molecule has 0 aliphatic carbocycles. The Morgan fingerprint density at radius 2 is 2.00 bits per heavy atom. The molecule has 140 valence electrons. The van der Waals surface area contributed by atoms with Crippen molar-refractivity contribution >= 4 is 16.0 Å². The van der Waals surface area contributed by atoms with E-state index >= 15 is 0 Å². The Bertz CT molecular complexity index is 1070. The molecule has 0 spiro atoms. The second-order valence-electron chi connectivity index (χ2n) is 5.96. The van der Waals surface area contributed by atoms with E-state index in [2.05, 4.69) is 14.8 Å². The lowest BCUT2D eigenvalue weighted by molar-refractivity contribution is 0.0593. The van der Waals surface area contributed by atoms with Crippen molar-refractivity contribution in [3.63, 3.8) is 0 Å². The minimum Gasteiger partial charge on any atom is -0.464 e. The first-order valence-electron chi connectivity index (χ1n) is 8.13. The summed E-state index contributed by atoms with van der Waals surface area (Å²) in [6.45, 7) is 0.763. The smallest absolute Gasteiger partial charge is 0.358 e. The van der Waals surface area contributed by atoms with E-state index in [1.807, 2.05) is 0 Å². The number of oxazole rings is 1. The number of nitrogens with zero attached hydrogens (tertiary/aromatic N) is 4. The van der Waals surface area contributed by atoms with Crippen LogP contribution in [0.5, 0.6) is 0 Å². The van der Waals surface area contributed by atoms with Crippen LogP contribution >= 0.6 is 0 Å². The van der Waals surface area contributed by atoms with Gasteiger partial charge in [0.1, 0.15) is 0 Å². The molecule has 0 radical (unpaired) electrons. The number of fused-ring (bicyclic) bond motifs is 1. The van der Waals surface area contributed by atoms with Gasteiger partial charge in [-0.3, -0.25) is 4.68 Å². The third-order valence-electron chi connectivity index (χ3n) is 4.37. The fourth-order valence-electron chi connectivity index (χ4n) is 2.95. The first-order chi connectivity index (χ1) is 13.0. The van der Waals surface area contributed by atoms with Crippen LogP contribution in [0.15, 0.2) is 52.2 Å². The Morgan fingerprint density at radius 1 is 1.22 bits per heavy atom. The first-order valence-corrected chi connectivity index (χ1v) is 9.57. The van der Waals surface area contributed by atoms with Crippen LogP contribution < -0.4 is 0 Å². The first kappa shape index (κ1) is 17.4. The van der Waals surface area contributed by atoms with E-state index in [0.29, 0.717) is 18.0 Å². The predicted molar refractivity (Wildman–Crippen MR) is 93.1 cm³/mol. The summed E-state index contributed by atoms with van der Waals surface area (Å²) in [4.78, 5) is 15.7. The lowest BCUT2D eigenvalue weighted by Gasteiger charge is -2.26. The van der Waals surface area contributed by atoms with Crippen molar-refractivity contribution in [2.75, 3.05) is 13.7 Å². The number of rotatable bonds is 4. The van der Waals surface area contributed by atoms with Gasteiger partial charge in [-0.1, -0.05) is 0 Å². The molecule has 3 heterocycles. The lowest BCUT2D eigenvalue weighted by Crippen LogP contribution is -2.38. The molecule has 4 rings (SSSR count). The molecule has 2 aromatic heterocycles. The van der Waals surface area contributed by atoms with Crippen molar-refractivity contribution in [1.29, 1.82) is 0 Å². The Kier molecular flexibility index (Phi) is 4.28. The number of ether oxygens (including phenoxy) is 1. The summed E-state index contributed by atoms with van der Waals surface area (Å²) in [5.74, 6) is 0.0190. The zero-order valence-electron chi connectivity index (χ0n) is 14.4. The van der Waals surface area contributed by atoms with Crippen LogP contribution in [0.3, 0.4) is 0 Å². The molecule has 0 fully saturated rings. The van der Waals surface area contributed by atoms with Gasteiger partial charge in [-0.15, -0.1) is 0 Å². The topological polar surface area (TPSA) is 108 Å². The summed E-state index contributed by atoms with van der Waals surface area (Å²) >= 11 is 0. The van der Waals surface area contributed by atoms with Gasteiger partial charge in [-0.2, -0.15) is 9.40 Å². The second-order valence-corrected chi connectivity index (χ2v) is 7.90. The molecule has 1 aliphatic rings. The molecule has 10 heteroatoms. The molecule has 0 bridgehead atoms. The summed E-state index contributed by atoms with van der Waals surface area (Å²) in [6, 6.07) is 7.99. The zero-order valence-corrected chi connectivity index (χ0v) is 15.2. The molecular weight excluding hydrogens is 372 g/mol. The van der Waals surface area contributed by atoms with Crippen molar-refractivity contribution in [3.8, 4) is 11.3 Å². The normalized spacial score (nSPS) is 14.7. The monoisotopic (exact) mass is 388 g/mol. The number of methoxy groups -OCH3 is 1. The molecule has 0 unspecified atom stereocenters. The molecule has 0 N–H and O–H groups in total. The van der Waals surface area contributed by atoms with Gasteiger partial charge in [-0.05, 0) is 30.3 Å². The van der Waals surface area contributed by atoms with Crippen LogP contribution in [0.4, 0.5) is 0 Å². The highest BCUT2D eigenvalue weighted by Gasteiger charge is 2.30. The molecule has 9 nitrogen and oxygen atoms in total. The van der Waals surface area contributed by atoms with Crippen LogP contribution in [0, 0.1) is 0 Å². The molecule has 27 heavy (non-hydrogen) atoms. The molecule has 3 aromatic rings. The van der Waals surface area contributed by atoms with Gasteiger partial charge in [0.05, 0.1) is 37.0 Å². The van der Waals surface area contributed by atoms with Crippen molar-refractivity contribution in [2.24, 2.45) is 0 Å². The quantitative estimate of drug-likeness (QED) is 0.624. The van der Waals surface area contributed by atoms with Crippen LogP contribution in [0.2, 0.25) is 0 Å². The van der Waals surface area contributed by atoms with Gasteiger partial charge in [0.2, 0.25) is 10.0 Å². The number of sulfonamides is 1. The molecular formula is C17H16N4O5S. The minimum atomic E-state index is -3.68. The molecule has 0 atom stereocenters. The second kappa shape index (κ2) is 6.63. The number of aromatic nitrogens is 3. The van der Waals surface area contributed by atoms with Crippen molar-refractivity contribution in [2.45, 2.75) is 18.0 Å². The number of carbonyl (C=O) groups excluding carboxylic acids is 1. The maximum atomic E-state index is 13.0. The fourth-order valence-corrected chi connectivity index (χ4v) is 4.35. The van der Waals surface area contributed by atoms with E-state index in [0.717, 1.165) is 5.56 Å². The lowest BCUT2D eigenvalue weighted by atomic mass is 10.2. The number of hydrogen-bond acceptors (Lipinski definition) is 7. The fraction of sp³-hybridized carbons (Fsp3) is 0.235. The largest absolute Gasteiger partial charge is 0.464 e. The van der Waals surface area contributed by atoms with Crippen molar-refractivity contribution in [1.82, 2.24) is 19.1 Å². The minimum absolute atomic E-state index is 0.135. The summed E-state index contributed by atoms with van der Waals surface area (Å²) in [6.07, 6.45) is 2.88. The zero-order chi connectivity index (χ0) is 19.0. The van der Waals surface area contributed by atoms with Gasteiger partial charge in [0, 0.05) is 12.1 Å². The highest BCUT2D eigenvalue weighted by Crippen LogP contribution is 2.25. The average molecular weight is 388 g/mol. The maximum Gasteiger partial charge on any atom is 0.358 e. The number of esters is 1. The molecule has 0 amide bonds. The Hall–Kier alpha value is -2.98. The Morgan fingerprint density at radius 3 is 2.67 bits per heavy atom. The molecule has 1 aromatic carbocycles. The van der Waals surface area contributed by atoms with E-state index in [-0.39, 0.29) is 23.7 Å². The summed E-state index contributed by atoms with van der Waals surface area (Å²) in [5.41, 5.74) is 1.55. The van der Waals surface area contributed by atoms with E-state index < -0.39 is 16.0 Å². The summed E-state index contributed by atoms with van der Waals surface area (Å²) in [5, 5.41) is 4.16. The van der Waals surface area contributed by atoms with E-state index in [4.69, 9.17) is 4.42 Å². The summed E-state index contributed by atoms with van der Waals surface area (Å²) in [7, 11) is -2.40. The standard InChI is InChI=1S/C17H16N4O5S/c1-25-17(22)15-8-13-10-20(6-7-21(13)19-15)27(23,24)14-4-2-12(3-5-14)16-9-18-11-26-16/h2-5,8-9,11H,6-7,10H2,1H3. The number of carbonyl (C=O) groups is 1. The van der Waals surface area contributed by atoms with Crippen molar-refractivity contribution < 1.29 is 22.4 Å². The molecule has 0 saturated heterocycles. The molecule has 1 aliphatic heterocycles. The third kappa shape index (κ3) is 3.13. The van der Waals surface area contributed by atoms with Gasteiger partial charge in [0.15, 0.2) is 17.8 Å². The maximum absolute atomic E-state index is 13.0. The number of benzene rings is 1. The van der Waals surface area contributed by atoms with Crippen LogP contribution in [-0.4, -0.2) is 47.1 Å². The highest BCUT2D eigenvalue weighted by atomic mass is 32.2. The Labute approximate surface area is 155 Å². The highest BCUT2D eigenvalue weighted by molar-refractivity contribution is 7.89. The third-order valence-corrected chi connectivity index (χ3v) is 6.23. The predicted octanol–water partition coefficient (Wildman–Crippen LogP) is 1.53. The number of hydrogen-bond donors (Lipinski definition) is 0. The van der Waals surface area contributed by atoms with Gasteiger partial charge >= 0.3 is 5.97 Å². The average Bonchev–Trinajstić information content (AvgIpc) is 3.36.